The summed E-state index contributed by atoms with van der Waals surface area (Å²) in [6.45, 7) is 13.3. The molecule has 126 valence electrons. The molecule has 1 aromatic carbocycles. The third-order valence-corrected chi connectivity index (χ3v) is 2.68. The minimum absolute atomic E-state index is 0.259. The molecule has 0 saturated carbocycles. The van der Waals surface area contributed by atoms with Gasteiger partial charge in [0.05, 0.1) is 5.71 Å². The van der Waals surface area contributed by atoms with Gasteiger partial charge in [-0.05, 0) is 31.2 Å². The number of aromatic nitrogens is 2. The first-order valence-corrected chi connectivity index (χ1v) is 7.76. The Labute approximate surface area is 143 Å². The molecule has 24 heavy (non-hydrogen) atoms. The van der Waals surface area contributed by atoms with Crippen LogP contribution in [0.2, 0.25) is 0 Å². The molecule has 0 unspecified atom stereocenters. The smallest absolute Gasteiger partial charge is 0.268 e. The molecule has 1 aromatic heterocycles. The lowest BCUT2D eigenvalue weighted by atomic mass is 10.2. The second-order valence-electron chi connectivity index (χ2n) is 4.96. The van der Waals surface area contributed by atoms with Crippen molar-refractivity contribution < 1.29 is 4.42 Å². The van der Waals surface area contributed by atoms with Gasteiger partial charge in [0.2, 0.25) is 5.89 Å². The zero-order valence-corrected chi connectivity index (χ0v) is 14.5. The van der Waals surface area contributed by atoms with Gasteiger partial charge in [-0.1, -0.05) is 51.6 Å². The third kappa shape index (κ3) is 5.35. The summed E-state index contributed by atoms with van der Waals surface area (Å²) in [5, 5.41) is 8.03. The molecule has 0 atom stereocenters. The van der Waals surface area contributed by atoms with Crippen molar-refractivity contribution in [3.05, 3.63) is 67.2 Å². The number of nitrogens with two attached hydrogens (primary N) is 1. The van der Waals surface area contributed by atoms with E-state index in [1.165, 1.54) is 6.42 Å². The second-order valence-corrected chi connectivity index (χ2v) is 4.96. The Kier molecular flexibility index (Phi) is 7.91. The second kappa shape index (κ2) is 9.94. The Morgan fingerprint density at radius 3 is 2.25 bits per heavy atom. The van der Waals surface area contributed by atoms with Crippen LogP contribution in [0.1, 0.15) is 33.1 Å². The molecule has 5 heteroatoms. The van der Waals surface area contributed by atoms with Crippen molar-refractivity contribution >= 4 is 11.4 Å². The van der Waals surface area contributed by atoms with Crippen LogP contribution in [-0.2, 0) is 0 Å². The van der Waals surface area contributed by atoms with Gasteiger partial charge in [-0.2, -0.15) is 0 Å². The van der Waals surface area contributed by atoms with Crippen molar-refractivity contribution in [2.24, 2.45) is 10.7 Å². The maximum atomic E-state index is 5.85. The molecule has 0 bridgehead atoms. The topological polar surface area (TPSA) is 77.3 Å². The first-order valence-electron chi connectivity index (χ1n) is 7.76. The summed E-state index contributed by atoms with van der Waals surface area (Å²) in [4.78, 5) is 4.33. The van der Waals surface area contributed by atoms with E-state index in [4.69, 9.17) is 10.2 Å². The molecule has 1 heterocycles. The predicted molar refractivity (Wildman–Crippen MR) is 100 cm³/mol. The van der Waals surface area contributed by atoms with Crippen LogP contribution in [-0.4, -0.2) is 15.9 Å². The van der Waals surface area contributed by atoms with E-state index in [0.717, 1.165) is 5.56 Å². The van der Waals surface area contributed by atoms with Crippen LogP contribution in [0.25, 0.3) is 17.2 Å². The van der Waals surface area contributed by atoms with Gasteiger partial charge in [-0.25, -0.2) is 4.99 Å². The molecule has 0 aliphatic heterocycles. The van der Waals surface area contributed by atoms with E-state index < -0.39 is 0 Å². The van der Waals surface area contributed by atoms with Crippen LogP contribution in [0.5, 0.6) is 0 Å². The number of rotatable bonds is 5. The number of benzene rings is 1. The molecule has 2 rings (SSSR count). The average Bonchev–Trinajstić information content (AvgIpc) is 3.07. The van der Waals surface area contributed by atoms with E-state index in [-0.39, 0.29) is 5.89 Å². The fourth-order valence-electron chi connectivity index (χ4n) is 1.62. The molecule has 0 radical (unpaired) electrons. The number of allylic oxidation sites excluding steroid dienone is 3. The third-order valence-electron chi connectivity index (χ3n) is 2.68. The van der Waals surface area contributed by atoms with Gasteiger partial charge in [0, 0.05) is 11.3 Å². The Morgan fingerprint density at radius 1 is 1.17 bits per heavy atom. The van der Waals surface area contributed by atoms with Crippen molar-refractivity contribution in [1.82, 2.24) is 10.2 Å². The van der Waals surface area contributed by atoms with E-state index in [9.17, 15) is 0 Å². The molecule has 5 nitrogen and oxygen atoms in total. The van der Waals surface area contributed by atoms with Crippen LogP contribution < -0.4 is 5.73 Å². The van der Waals surface area contributed by atoms with Crippen LogP contribution in [0.15, 0.2) is 70.7 Å². The number of hydrogen-bond acceptors (Lipinski definition) is 5. The van der Waals surface area contributed by atoms with Gasteiger partial charge in [0.25, 0.3) is 5.89 Å². The standard InChI is InChI=1S/C16H16N4O.C3H8/c1-4-13(5-2)18-14(11(3)17)16-20-19-15(21-16)12-9-7-6-8-10-12;1-3-2/h4-10H,1-2,17H2,3H3;3H2,1-2H3/b14-11+;. The molecule has 0 amide bonds. The summed E-state index contributed by atoms with van der Waals surface area (Å²) >= 11 is 0. The average molecular weight is 324 g/mol. The molecular formula is C19H24N4O. The summed E-state index contributed by atoms with van der Waals surface area (Å²) in [6.07, 6.45) is 4.40. The van der Waals surface area contributed by atoms with Crippen molar-refractivity contribution in [2.45, 2.75) is 27.2 Å². The molecule has 0 fully saturated rings. The van der Waals surface area contributed by atoms with Crippen molar-refractivity contribution in [3.8, 4) is 11.5 Å². The summed E-state index contributed by atoms with van der Waals surface area (Å²) < 4.78 is 5.65. The van der Waals surface area contributed by atoms with Gasteiger partial charge in [0.15, 0.2) is 0 Å². The van der Waals surface area contributed by atoms with Crippen LogP contribution in [0.3, 0.4) is 0 Å². The lowest BCUT2D eigenvalue weighted by Crippen LogP contribution is -1.99. The Bertz CT molecular complexity index is 713. The first kappa shape index (κ1) is 19.1. The quantitative estimate of drug-likeness (QED) is 0.814. The Morgan fingerprint density at radius 2 is 1.75 bits per heavy atom. The highest BCUT2D eigenvalue weighted by atomic mass is 16.4. The largest absolute Gasteiger partial charge is 0.415 e. The SMILES string of the molecule is C=CC(C=C)=N/C(=C(\C)N)c1nnc(-c2ccccc2)o1.CCC. The fourth-order valence-corrected chi connectivity index (χ4v) is 1.62. The van der Waals surface area contributed by atoms with Gasteiger partial charge in [-0.15, -0.1) is 10.2 Å². The monoisotopic (exact) mass is 324 g/mol. The van der Waals surface area contributed by atoms with Crippen LogP contribution in [0, 0.1) is 0 Å². The maximum absolute atomic E-state index is 5.85. The highest BCUT2D eigenvalue weighted by molar-refractivity contribution is 6.05. The lowest BCUT2D eigenvalue weighted by Gasteiger charge is -2.00. The summed E-state index contributed by atoms with van der Waals surface area (Å²) in [7, 11) is 0. The lowest BCUT2D eigenvalue weighted by molar-refractivity contribution is 0.551. The fraction of sp³-hybridized carbons (Fsp3) is 0.211. The molecule has 0 saturated heterocycles. The van der Waals surface area contributed by atoms with Gasteiger partial charge in [-0.3, -0.25) is 0 Å². The summed E-state index contributed by atoms with van der Waals surface area (Å²) in [5.74, 6) is 0.674. The number of nitrogens with zero attached hydrogens (tertiary/aromatic N) is 3. The summed E-state index contributed by atoms with van der Waals surface area (Å²) in [5.41, 5.74) is 8.15. The Balaban J connectivity index is 0.000000891. The van der Waals surface area contributed by atoms with Gasteiger partial charge < -0.3 is 10.2 Å². The first-order chi connectivity index (χ1) is 11.6. The van der Waals surface area contributed by atoms with Crippen molar-refractivity contribution in [2.75, 3.05) is 0 Å². The van der Waals surface area contributed by atoms with E-state index in [0.29, 0.717) is 23.0 Å². The molecule has 2 aromatic rings. The van der Waals surface area contributed by atoms with E-state index in [1.807, 2.05) is 30.3 Å². The molecule has 0 spiro atoms. The van der Waals surface area contributed by atoms with Crippen molar-refractivity contribution in [1.29, 1.82) is 0 Å². The predicted octanol–water partition coefficient (Wildman–Crippen LogP) is 4.61. The number of aliphatic imine (C=N–C) groups is 1. The molecule has 0 aliphatic carbocycles. The zero-order chi connectivity index (χ0) is 17.9. The highest BCUT2D eigenvalue weighted by Crippen LogP contribution is 2.23. The molecule has 2 N–H and O–H groups in total. The molecule has 0 aliphatic rings. The normalized spacial score (nSPS) is 10.8. The van der Waals surface area contributed by atoms with Crippen molar-refractivity contribution in [3.63, 3.8) is 0 Å². The Hall–Kier alpha value is -2.95. The van der Waals surface area contributed by atoms with E-state index in [1.54, 1.807) is 19.1 Å². The highest BCUT2D eigenvalue weighted by Gasteiger charge is 2.14. The van der Waals surface area contributed by atoms with Gasteiger partial charge in [0.1, 0.15) is 5.70 Å². The van der Waals surface area contributed by atoms with E-state index >= 15 is 0 Å². The van der Waals surface area contributed by atoms with E-state index in [2.05, 4.69) is 42.2 Å². The minimum Gasteiger partial charge on any atom is -0.415 e. The molecular weight excluding hydrogens is 300 g/mol. The minimum atomic E-state index is 0.259. The van der Waals surface area contributed by atoms with Gasteiger partial charge >= 0.3 is 0 Å². The maximum Gasteiger partial charge on any atom is 0.268 e. The summed E-state index contributed by atoms with van der Waals surface area (Å²) in [6, 6.07) is 9.49. The number of hydrogen-bond donors (Lipinski definition) is 1. The van der Waals surface area contributed by atoms with Crippen LogP contribution >= 0.6 is 0 Å². The zero-order valence-electron chi connectivity index (χ0n) is 14.5. The van der Waals surface area contributed by atoms with Crippen LogP contribution in [0.4, 0.5) is 0 Å².